The van der Waals surface area contributed by atoms with Gasteiger partial charge in [0.05, 0.1) is 28.1 Å². The highest BCUT2D eigenvalue weighted by atomic mass is 19.1. The van der Waals surface area contributed by atoms with Crippen molar-refractivity contribution in [3.8, 4) is 18.4 Å². The van der Waals surface area contributed by atoms with Crippen molar-refractivity contribution in [2.45, 2.75) is 126 Å². The molecule has 0 unspecified atom stereocenters. The van der Waals surface area contributed by atoms with Crippen LogP contribution in [0.3, 0.4) is 0 Å². The van der Waals surface area contributed by atoms with E-state index in [4.69, 9.17) is 21.1 Å². The minimum absolute atomic E-state index is 0.0347. The summed E-state index contributed by atoms with van der Waals surface area (Å²) in [7, 11) is 2.02. The summed E-state index contributed by atoms with van der Waals surface area (Å²) in [5, 5.41) is 10.6. The summed E-state index contributed by atoms with van der Waals surface area (Å²) in [5.74, 6) is 2.99. The van der Waals surface area contributed by atoms with Crippen LogP contribution in [0.2, 0.25) is 0 Å². The summed E-state index contributed by atoms with van der Waals surface area (Å²) in [6.07, 6.45) is 15.5. The second kappa shape index (κ2) is 14.6. The number of aryl methyl sites for hydroxylation is 1. The maximum Gasteiger partial charge on any atom is 0.318 e. The van der Waals surface area contributed by atoms with Gasteiger partial charge in [-0.2, -0.15) is 9.97 Å². The number of carbonyl (C=O) groups is 1. The van der Waals surface area contributed by atoms with Gasteiger partial charge in [0, 0.05) is 69.8 Å². The lowest BCUT2D eigenvalue weighted by Crippen LogP contribution is -2.53. The van der Waals surface area contributed by atoms with Crippen molar-refractivity contribution in [1.82, 2.24) is 19.8 Å². The van der Waals surface area contributed by atoms with E-state index in [2.05, 4.69) is 34.1 Å². The Balaban J connectivity index is 1.18. The van der Waals surface area contributed by atoms with Gasteiger partial charge >= 0.3 is 6.01 Å². The molecule has 3 fully saturated rings. The zero-order chi connectivity index (χ0) is 36.8. The molecule has 11 heteroatoms. The first-order valence-electron chi connectivity index (χ1n) is 19.2. The summed E-state index contributed by atoms with van der Waals surface area (Å²) in [6.45, 7) is 10.4. The Morgan fingerprint density at radius 1 is 1.15 bits per heavy atom. The molecule has 2 aliphatic carbocycles. The number of carbonyl (C=O) groups excluding carboxylic acids is 1. The van der Waals surface area contributed by atoms with E-state index in [9.17, 15) is 14.3 Å². The number of anilines is 2. The predicted molar refractivity (Wildman–Crippen MR) is 199 cm³/mol. The van der Waals surface area contributed by atoms with E-state index in [1.54, 1.807) is 0 Å². The molecule has 0 spiro atoms. The third-order valence-corrected chi connectivity index (χ3v) is 12.6. The Labute approximate surface area is 307 Å². The van der Waals surface area contributed by atoms with Gasteiger partial charge in [-0.25, -0.2) is 8.78 Å². The van der Waals surface area contributed by atoms with Crippen molar-refractivity contribution in [1.29, 1.82) is 0 Å². The van der Waals surface area contributed by atoms with Gasteiger partial charge in [-0.3, -0.25) is 9.69 Å². The quantitative estimate of drug-likeness (QED) is 0.273. The van der Waals surface area contributed by atoms with E-state index < -0.39 is 17.3 Å². The van der Waals surface area contributed by atoms with Gasteiger partial charge < -0.3 is 24.5 Å². The second-order valence-electron chi connectivity index (χ2n) is 16.4. The molecule has 3 aliphatic heterocycles. The standard InChI is InChI=1S/C41H54F2N6O3/c1-6-32-34(43)15-12-27-10-8-21-48(37(27)32)30-13-14-33-35(22-30)44-39(45-38(33)46(5)25-31-11-9-20-47(31)36(50)7-2)52-26-40(3)23-28(42)24-49(40)29-16-18-41(4,51)19-17-29/h1,7,12,15,28-31,51H,2,8-11,13-14,16-26H2,3-5H3/t28-,29?,30-,31+,40+,41?/m1/s1. The first kappa shape index (κ1) is 36.6. The number of halogens is 2. The number of hydrogen-bond acceptors (Lipinski definition) is 8. The Kier molecular flexibility index (Phi) is 10.3. The number of likely N-dealkylation sites (tertiary alicyclic amines) is 2. The lowest BCUT2D eigenvalue weighted by atomic mass is 9.82. The van der Waals surface area contributed by atoms with Gasteiger partial charge in [-0.05, 0) is 95.8 Å². The minimum Gasteiger partial charge on any atom is -0.461 e. The molecule has 9 nitrogen and oxygen atoms in total. The molecule has 4 atom stereocenters. The zero-order valence-electron chi connectivity index (χ0n) is 31.0. The molecule has 0 radical (unpaired) electrons. The van der Waals surface area contributed by atoms with Gasteiger partial charge in [-0.1, -0.05) is 18.6 Å². The van der Waals surface area contributed by atoms with Crippen molar-refractivity contribution < 1.29 is 23.4 Å². The topological polar surface area (TPSA) is 85.3 Å². The molecule has 2 aromatic rings. The third-order valence-electron chi connectivity index (χ3n) is 12.6. The monoisotopic (exact) mass is 716 g/mol. The van der Waals surface area contributed by atoms with Gasteiger partial charge in [0.1, 0.15) is 24.4 Å². The highest BCUT2D eigenvalue weighted by Crippen LogP contribution is 2.41. The Hall–Kier alpha value is -3.75. The molecule has 5 aliphatic rings. The largest absolute Gasteiger partial charge is 0.461 e. The summed E-state index contributed by atoms with van der Waals surface area (Å²) < 4.78 is 36.7. The number of aliphatic hydroxyl groups is 1. The third kappa shape index (κ3) is 7.13. The number of fused-ring (bicyclic) bond motifs is 2. The molecular weight excluding hydrogens is 662 g/mol. The van der Waals surface area contributed by atoms with Crippen LogP contribution in [0.4, 0.5) is 20.3 Å². The number of alkyl halides is 1. The molecule has 1 aromatic carbocycles. The molecule has 280 valence electrons. The van der Waals surface area contributed by atoms with Crippen LogP contribution in [0.15, 0.2) is 24.8 Å². The Morgan fingerprint density at radius 2 is 1.94 bits per heavy atom. The fourth-order valence-electron chi connectivity index (χ4n) is 9.81. The van der Waals surface area contributed by atoms with Gasteiger partial charge in [0.25, 0.3) is 0 Å². The van der Waals surface area contributed by atoms with Crippen molar-refractivity contribution >= 4 is 17.4 Å². The smallest absolute Gasteiger partial charge is 0.318 e. The minimum atomic E-state index is -0.958. The van der Waals surface area contributed by atoms with E-state index in [1.807, 2.05) is 24.9 Å². The zero-order valence-corrected chi connectivity index (χ0v) is 31.0. The first-order chi connectivity index (χ1) is 24.9. The van der Waals surface area contributed by atoms with Crippen LogP contribution in [0.1, 0.15) is 94.0 Å². The molecule has 2 saturated heterocycles. The predicted octanol–water partition coefficient (Wildman–Crippen LogP) is 5.40. The van der Waals surface area contributed by atoms with E-state index in [-0.39, 0.29) is 42.5 Å². The molecule has 1 saturated carbocycles. The van der Waals surface area contributed by atoms with Gasteiger partial charge in [-0.15, -0.1) is 6.42 Å². The Bertz CT molecular complexity index is 1720. The van der Waals surface area contributed by atoms with Crippen molar-refractivity contribution in [2.75, 3.05) is 49.6 Å². The van der Waals surface area contributed by atoms with E-state index in [1.165, 1.54) is 12.1 Å². The highest BCUT2D eigenvalue weighted by molar-refractivity contribution is 5.87. The van der Waals surface area contributed by atoms with Crippen molar-refractivity contribution in [3.63, 3.8) is 0 Å². The number of rotatable bonds is 9. The second-order valence-corrected chi connectivity index (χ2v) is 16.4. The van der Waals surface area contributed by atoms with Crippen molar-refractivity contribution in [2.24, 2.45) is 0 Å². The normalized spacial score (nSPS) is 30.4. The summed E-state index contributed by atoms with van der Waals surface area (Å²) >= 11 is 0. The van der Waals surface area contributed by atoms with Crippen LogP contribution in [-0.2, 0) is 24.1 Å². The van der Waals surface area contributed by atoms with Crippen LogP contribution in [0.5, 0.6) is 6.01 Å². The summed E-state index contributed by atoms with van der Waals surface area (Å²) in [6, 6.07) is 3.89. The lowest BCUT2D eigenvalue weighted by molar-refractivity contribution is -0.126. The molecule has 0 bridgehead atoms. The highest BCUT2D eigenvalue weighted by Gasteiger charge is 2.48. The summed E-state index contributed by atoms with van der Waals surface area (Å²) in [4.78, 5) is 31.3. The van der Waals surface area contributed by atoms with E-state index >= 15 is 4.39 Å². The number of nitrogens with zero attached hydrogens (tertiary/aromatic N) is 6. The first-order valence-corrected chi connectivity index (χ1v) is 19.2. The van der Waals surface area contributed by atoms with Crippen molar-refractivity contribution in [3.05, 3.63) is 53.0 Å². The number of benzene rings is 1. The maximum atomic E-state index is 15.1. The SMILES string of the molecule is C#Cc1c(F)ccc2c1N([C@@H]1CCc3c(nc(OC[C@]4(C)C[C@@H](F)CN4C4CCC(C)(O)CC4)nc3N(C)C[C@@H]3CCCN3C(=O)C=C)C1)CCC2. The number of likely N-dealkylation sites (N-methyl/N-ethyl adjacent to an activating group) is 1. The molecular formula is C41H54F2N6O3. The van der Waals surface area contributed by atoms with Crippen LogP contribution in [-0.4, -0.2) is 106 Å². The van der Waals surface area contributed by atoms with Gasteiger partial charge in [0.15, 0.2) is 0 Å². The van der Waals surface area contributed by atoms with Gasteiger partial charge in [0.2, 0.25) is 5.91 Å². The molecule has 4 heterocycles. The van der Waals surface area contributed by atoms with Crippen LogP contribution in [0.25, 0.3) is 0 Å². The maximum absolute atomic E-state index is 15.1. The van der Waals surface area contributed by atoms with Crippen LogP contribution >= 0.6 is 0 Å². The Morgan fingerprint density at radius 3 is 2.69 bits per heavy atom. The number of hydrogen-bond donors (Lipinski definition) is 1. The average molecular weight is 717 g/mol. The number of aromatic nitrogens is 2. The number of ether oxygens (including phenoxy) is 1. The van der Waals surface area contributed by atoms with E-state index in [0.717, 1.165) is 86.2 Å². The number of amides is 1. The van der Waals surface area contributed by atoms with Crippen LogP contribution in [0, 0.1) is 18.2 Å². The fourth-order valence-corrected chi connectivity index (χ4v) is 9.81. The molecule has 1 amide bonds. The van der Waals surface area contributed by atoms with E-state index in [0.29, 0.717) is 50.9 Å². The lowest BCUT2D eigenvalue weighted by Gasteiger charge is -2.44. The molecule has 7 rings (SSSR count). The molecule has 1 aromatic heterocycles. The fraction of sp³-hybridized carbons (Fsp3) is 0.634. The molecule has 52 heavy (non-hydrogen) atoms. The average Bonchev–Trinajstić information content (AvgIpc) is 3.72. The number of terminal acetylenes is 1. The van der Waals surface area contributed by atoms with Crippen LogP contribution < -0.4 is 14.5 Å². The summed E-state index contributed by atoms with van der Waals surface area (Å²) in [5.41, 5.74) is 2.97. The molecule has 1 N–H and O–H groups in total.